The van der Waals surface area contributed by atoms with Gasteiger partial charge in [0.05, 0.1) is 4.47 Å². The largest absolute Gasteiger partial charge is 0.342 e. The Morgan fingerprint density at radius 3 is 2.64 bits per heavy atom. The molecule has 132 valence electrons. The highest BCUT2D eigenvalue weighted by Crippen LogP contribution is 2.17. The number of carbonyl (C=O) groups is 2. The molecule has 0 aliphatic carbocycles. The summed E-state index contributed by atoms with van der Waals surface area (Å²) in [6.45, 7) is 1.54. The lowest BCUT2D eigenvalue weighted by atomic mass is 10.1. The van der Waals surface area contributed by atoms with E-state index in [1.165, 1.54) is 18.0 Å². The standard InChI is InChI=1S/C16H17BrN4O4/c1-10(22)20(2)7-11-5-3-4-6-13(11)18-14(23)9-21-8-12(17)15(24)19-16(21)25/h3-6,8H,7,9H2,1-2H3,(H,18,23)(H,19,24,25). The molecule has 0 radical (unpaired) electrons. The molecule has 0 fully saturated rings. The normalized spacial score (nSPS) is 10.4. The van der Waals surface area contributed by atoms with E-state index in [9.17, 15) is 19.2 Å². The van der Waals surface area contributed by atoms with Crippen LogP contribution in [-0.4, -0.2) is 33.3 Å². The number of nitrogens with one attached hydrogen (secondary N) is 2. The number of H-pyrrole nitrogens is 1. The molecule has 2 N–H and O–H groups in total. The van der Waals surface area contributed by atoms with Gasteiger partial charge < -0.3 is 10.2 Å². The summed E-state index contributed by atoms with van der Waals surface area (Å²) in [5, 5.41) is 2.72. The van der Waals surface area contributed by atoms with Crippen LogP contribution in [0.15, 0.2) is 44.5 Å². The highest BCUT2D eigenvalue weighted by molar-refractivity contribution is 9.10. The maximum atomic E-state index is 12.2. The SMILES string of the molecule is CC(=O)N(C)Cc1ccccc1NC(=O)Cn1cc(Br)c(=O)[nH]c1=O. The fourth-order valence-corrected chi connectivity index (χ4v) is 2.44. The summed E-state index contributed by atoms with van der Waals surface area (Å²) >= 11 is 3.02. The summed E-state index contributed by atoms with van der Waals surface area (Å²) in [5.41, 5.74) is 0.0907. The van der Waals surface area contributed by atoms with Crippen molar-refractivity contribution in [3.8, 4) is 0 Å². The molecule has 0 spiro atoms. The lowest BCUT2D eigenvalue weighted by molar-refractivity contribution is -0.128. The third-order valence-corrected chi connectivity index (χ3v) is 4.08. The van der Waals surface area contributed by atoms with Crippen LogP contribution in [0.5, 0.6) is 0 Å². The van der Waals surface area contributed by atoms with Crippen molar-refractivity contribution in [3.63, 3.8) is 0 Å². The third kappa shape index (κ3) is 4.90. The number of rotatable bonds is 5. The molecule has 0 aliphatic heterocycles. The molecule has 0 saturated carbocycles. The van der Waals surface area contributed by atoms with E-state index in [2.05, 4.69) is 26.2 Å². The lowest BCUT2D eigenvalue weighted by Gasteiger charge is -2.18. The maximum Gasteiger partial charge on any atom is 0.328 e. The Morgan fingerprint density at radius 2 is 1.96 bits per heavy atom. The van der Waals surface area contributed by atoms with Gasteiger partial charge in [0, 0.05) is 32.4 Å². The first-order valence-electron chi connectivity index (χ1n) is 7.36. The number of anilines is 1. The average Bonchev–Trinajstić information content (AvgIpc) is 2.54. The first kappa shape index (κ1) is 18.7. The number of aromatic amines is 1. The summed E-state index contributed by atoms with van der Waals surface area (Å²) in [6.07, 6.45) is 1.26. The molecule has 0 atom stereocenters. The summed E-state index contributed by atoms with van der Waals surface area (Å²) in [6, 6.07) is 7.09. The summed E-state index contributed by atoms with van der Waals surface area (Å²) in [7, 11) is 1.67. The Labute approximate surface area is 151 Å². The number of amides is 2. The number of para-hydroxylation sites is 1. The second kappa shape index (κ2) is 7.93. The second-order valence-corrected chi connectivity index (χ2v) is 6.30. The van der Waals surface area contributed by atoms with Crippen LogP contribution in [0, 0.1) is 0 Å². The Balaban J connectivity index is 2.16. The van der Waals surface area contributed by atoms with Gasteiger partial charge in [-0.15, -0.1) is 0 Å². The van der Waals surface area contributed by atoms with E-state index in [4.69, 9.17) is 0 Å². The van der Waals surface area contributed by atoms with Gasteiger partial charge in [0.2, 0.25) is 11.8 Å². The minimum Gasteiger partial charge on any atom is -0.342 e. The maximum absolute atomic E-state index is 12.2. The van der Waals surface area contributed by atoms with Crippen molar-refractivity contribution in [1.29, 1.82) is 0 Å². The molecular formula is C16H17BrN4O4. The van der Waals surface area contributed by atoms with Crippen LogP contribution >= 0.6 is 15.9 Å². The zero-order valence-corrected chi connectivity index (χ0v) is 15.3. The van der Waals surface area contributed by atoms with Gasteiger partial charge in [-0.05, 0) is 27.6 Å². The van der Waals surface area contributed by atoms with Crippen LogP contribution in [0.2, 0.25) is 0 Å². The van der Waals surface area contributed by atoms with Crippen molar-refractivity contribution in [2.24, 2.45) is 0 Å². The van der Waals surface area contributed by atoms with Crippen molar-refractivity contribution in [1.82, 2.24) is 14.5 Å². The number of hydrogen-bond donors (Lipinski definition) is 2. The van der Waals surface area contributed by atoms with E-state index >= 15 is 0 Å². The Kier molecular flexibility index (Phi) is 5.92. The molecule has 1 aromatic heterocycles. The van der Waals surface area contributed by atoms with Gasteiger partial charge in [-0.2, -0.15) is 0 Å². The molecule has 9 heteroatoms. The Hall–Kier alpha value is -2.68. The fraction of sp³-hybridized carbons (Fsp3) is 0.250. The molecule has 1 heterocycles. The van der Waals surface area contributed by atoms with Gasteiger partial charge in [-0.3, -0.25) is 23.9 Å². The third-order valence-electron chi connectivity index (χ3n) is 3.52. The monoisotopic (exact) mass is 408 g/mol. The minimum atomic E-state index is -0.673. The molecule has 1 aromatic carbocycles. The first-order chi connectivity index (χ1) is 11.8. The van der Waals surface area contributed by atoms with Crippen LogP contribution in [0.3, 0.4) is 0 Å². The molecule has 2 rings (SSSR count). The van der Waals surface area contributed by atoms with Crippen molar-refractivity contribution in [3.05, 3.63) is 61.3 Å². The van der Waals surface area contributed by atoms with E-state index in [1.54, 1.807) is 25.2 Å². The highest BCUT2D eigenvalue weighted by atomic mass is 79.9. The summed E-state index contributed by atoms with van der Waals surface area (Å²) in [4.78, 5) is 50.3. The first-order valence-corrected chi connectivity index (χ1v) is 8.16. The van der Waals surface area contributed by atoms with E-state index in [-0.39, 0.29) is 16.9 Å². The number of aromatic nitrogens is 2. The molecule has 0 saturated heterocycles. The Bertz CT molecular complexity index is 919. The Morgan fingerprint density at radius 1 is 1.28 bits per heavy atom. The van der Waals surface area contributed by atoms with E-state index in [0.717, 1.165) is 10.1 Å². The molecule has 8 nitrogen and oxygen atoms in total. The van der Waals surface area contributed by atoms with Gasteiger partial charge >= 0.3 is 5.69 Å². The topological polar surface area (TPSA) is 104 Å². The average molecular weight is 409 g/mol. The van der Waals surface area contributed by atoms with Crippen LogP contribution in [0.1, 0.15) is 12.5 Å². The predicted molar refractivity (Wildman–Crippen MR) is 96.2 cm³/mol. The zero-order chi connectivity index (χ0) is 18.6. The van der Waals surface area contributed by atoms with Crippen LogP contribution in [0.25, 0.3) is 0 Å². The van der Waals surface area contributed by atoms with Gasteiger partial charge in [-0.1, -0.05) is 18.2 Å². The van der Waals surface area contributed by atoms with Crippen molar-refractivity contribution in [2.75, 3.05) is 12.4 Å². The molecule has 2 amide bonds. The fourth-order valence-electron chi connectivity index (χ4n) is 2.09. The summed E-state index contributed by atoms with van der Waals surface area (Å²) in [5.74, 6) is -0.523. The smallest absolute Gasteiger partial charge is 0.328 e. The van der Waals surface area contributed by atoms with Crippen LogP contribution < -0.4 is 16.6 Å². The van der Waals surface area contributed by atoms with Crippen molar-refractivity contribution >= 4 is 33.4 Å². The molecule has 25 heavy (non-hydrogen) atoms. The molecule has 2 aromatic rings. The number of carbonyl (C=O) groups excluding carboxylic acids is 2. The van der Waals surface area contributed by atoms with Gasteiger partial charge in [0.25, 0.3) is 5.56 Å². The van der Waals surface area contributed by atoms with Crippen LogP contribution in [0.4, 0.5) is 5.69 Å². The molecule has 0 bridgehead atoms. The predicted octanol–water partition coefficient (Wildman–Crippen LogP) is 0.916. The lowest BCUT2D eigenvalue weighted by Crippen LogP contribution is -2.33. The number of hydrogen-bond acceptors (Lipinski definition) is 4. The molecular weight excluding hydrogens is 392 g/mol. The highest BCUT2D eigenvalue weighted by Gasteiger charge is 2.11. The number of halogens is 1. The number of nitrogens with zero attached hydrogens (tertiary/aromatic N) is 2. The second-order valence-electron chi connectivity index (χ2n) is 5.44. The molecule has 0 aliphatic rings. The summed E-state index contributed by atoms with van der Waals surface area (Å²) < 4.78 is 1.24. The van der Waals surface area contributed by atoms with Crippen LogP contribution in [-0.2, 0) is 22.7 Å². The van der Waals surface area contributed by atoms with Gasteiger partial charge in [0.1, 0.15) is 6.54 Å². The molecule has 0 unspecified atom stereocenters. The van der Waals surface area contributed by atoms with E-state index < -0.39 is 17.2 Å². The van der Waals surface area contributed by atoms with Crippen molar-refractivity contribution in [2.45, 2.75) is 20.0 Å². The quantitative estimate of drug-likeness (QED) is 0.766. The zero-order valence-electron chi connectivity index (χ0n) is 13.7. The van der Waals surface area contributed by atoms with E-state index in [1.807, 2.05) is 6.07 Å². The number of benzene rings is 1. The van der Waals surface area contributed by atoms with Crippen molar-refractivity contribution < 1.29 is 9.59 Å². The van der Waals surface area contributed by atoms with E-state index in [0.29, 0.717) is 12.2 Å². The van der Waals surface area contributed by atoms with Gasteiger partial charge in [0.15, 0.2) is 0 Å². The minimum absolute atomic E-state index is 0.0919. The van der Waals surface area contributed by atoms with Gasteiger partial charge in [-0.25, -0.2) is 4.79 Å².